The average Bonchev–Trinajstić information content (AvgIpc) is 2.01. The van der Waals surface area contributed by atoms with Gasteiger partial charge in [-0.25, -0.2) is 5.11 Å². The second-order valence-corrected chi connectivity index (χ2v) is 3.04. The highest BCUT2D eigenvalue weighted by Gasteiger charge is 2.10. The summed E-state index contributed by atoms with van der Waals surface area (Å²) >= 11 is 0. The Morgan fingerprint density at radius 2 is 1.77 bits per heavy atom. The predicted octanol–water partition coefficient (Wildman–Crippen LogP) is 1.91. The van der Waals surface area contributed by atoms with Crippen LogP contribution in [0.1, 0.15) is 34.1 Å². The maximum Gasteiger partial charge on any atom is 0.191 e. The van der Waals surface area contributed by atoms with E-state index in [2.05, 4.69) is 0 Å². The summed E-state index contributed by atoms with van der Waals surface area (Å²) in [5, 5.41) is 10.7. The monoisotopic (exact) mass is 191 g/mol. The van der Waals surface area contributed by atoms with E-state index in [0.717, 1.165) is 0 Å². The summed E-state index contributed by atoms with van der Waals surface area (Å²) in [6, 6.07) is 0. The maximum atomic E-state index is 10.7. The summed E-state index contributed by atoms with van der Waals surface area (Å²) in [5.74, 6) is 0. The van der Waals surface area contributed by atoms with Gasteiger partial charge < -0.3 is 14.2 Å². The fourth-order valence-electron chi connectivity index (χ4n) is 0.718. The minimum Gasteiger partial charge on any atom is -0.353 e. The summed E-state index contributed by atoms with van der Waals surface area (Å²) in [5.41, 5.74) is 0. The lowest BCUT2D eigenvalue weighted by molar-refractivity contribution is -0.266. The fraction of sp³-hybridized carbons (Fsp3) is 1.00. The van der Waals surface area contributed by atoms with E-state index in [0.29, 0.717) is 6.42 Å². The van der Waals surface area contributed by atoms with E-state index >= 15 is 0 Å². The molecule has 13 heavy (non-hydrogen) atoms. The zero-order chi connectivity index (χ0) is 10.3. The molecule has 0 saturated carbocycles. The Kier molecular flexibility index (Phi) is 7.17. The molecule has 0 rings (SSSR count). The van der Waals surface area contributed by atoms with E-state index in [-0.39, 0.29) is 12.9 Å². The van der Waals surface area contributed by atoms with E-state index in [1.807, 2.05) is 20.8 Å². The lowest BCUT2D eigenvalue weighted by atomic mass is 10.5. The fourth-order valence-corrected chi connectivity index (χ4v) is 0.718. The second kappa shape index (κ2) is 7.26. The van der Waals surface area contributed by atoms with Crippen molar-refractivity contribution < 1.29 is 19.3 Å². The predicted molar refractivity (Wildman–Crippen MR) is 47.5 cm³/mol. The van der Waals surface area contributed by atoms with E-state index in [1.165, 1.54) is 6.92 Å². The van der Waals surface area contributed by atoms with Crippen LogP contribution in [0.5, 0.6) is 0 Å². The standard InChI is InChI=1S/C9H19O4/c1-5-9(13-8(4)10)12-6-11-7(2)3/h7-9H,5-6H2,1-4H3. The first-order chi connectivity index (χ1) is 6.06. The molecule has 0 saturated heterocycles. The number of rotatable bonds is 7. The van der Waals surface area contributed by atoms with Crippen LogP contribution in [0.15, 0.2) is 0 Å². The van der Waals surface area contributed by atoms with Gasteiger partial charge in [0.2, 0.25) is 0 Å². The molecule has 0 aromatic heterocycles. The highest BCUT2D eigenvalue weighted by atomic mass is 16.8. The summed E-state index contributed by atoms with van der Waals surface area (Å²) in [6.45, 7) is 7.34. The van der Waals surface area contributed by atoms with Gasteiger partial charge in [-0.05, 0) is 27.2 Å². The Morgan fingerprint density at radius 3 is 2.15 bits per heavy atom. The summed E-state index contributed by atoms with van der Waals surface area (Å²) in [7, 11) is 0. The van der Waals surface area contributed by atoms with Crippen molar-refractivity contribution in [3.63, 3.8) is 0 Å². The van der Waals surface area contributed by atoms with Crippen molar-refractivity contribution in [2.24, 2.45) is 0 Å². The van der Waals surface area contributed by atoms with Gasteiger partial charge >= 0.3 is 0 Å². The molecule has 0 heterocycles. The van der Waals surface area contributed by atoms with Crippen LogP contribution in [0.4, 0.5) is 0 Å². The molecule has 0 aromatic carbocycles. The van der Waals surface area contributed by atoms with Gasteiger partial charge in [0.25, 0.3) is 0 Å². The Bertz CT molecular complexity index is 114. The van der Waals surface area contributed by atoms with Crippen molar-refractivity contribution in [2.75, 3.05) is 6.79 Å². The molecule has 0 bridgehead atoms. The van der Waals surface area contributed by atoms with Gasteiger partial charge in [0.15, 0.2) is 12.6 Å². The Balaban J connectivity index is 3.48. The van der Waals surface area contributed by atoms with Gasteiger partial charge in [-0.1, -0.05) is 6.92 Å². The van der Waals surface area contributed by atoms with Crippen LogP contribution in [0.25, 0.3) is 0 Å². The number of hydrogen-bond acceptors (Lipinski definition) is 3. The first kappa shape index (κ1) is 12.8. The normalized spacial score (nSPS) is 16.2. The van der Waals surface area contributed by atoms with Crippen LogP contribution < -0.4 is 0 Å². The lowest BCUT2D eigenvalue weighted by Crippen LogP contribution is -2.23. The minimum atomic E-state index is -1.05. The van der Waals surface area contributed by atoms with Crippen LogP contribution in [0, 0.1) is 0 Å². The maximum absolute atomic E-state index is 10.7. The molecule has 0 aliphatic carbocycles. The molecule has 0 aromatic rings. The first-order valence-electron chi connectivity index (χ1n) is 4.60. The van der Waals surface area contributed by atoms with Gasteiger partial charge in [-0.15, -0.1) is 0 Å². The van der Waals surface area contributed by atoms with Crippen LogP contribution in [0.3, 0.4) is 0 Å². The average molecular weight is 191 g/mol. The SMILES string of the molecule is CCC(OCOC(C)C)OC(C)[O]. The highest BCUT2D eigenvalue weighted by Crippen LogP contribution is 2.04. The third-order valence-electron chi connectivity index (χ3n) is 1.33. The topological polar surface area (TPSA) is 47.6 Å². The van der Waals surface area contributed by atoms with E-state index in [4.69, 9.17) is 14.2 Å². The molecule has 0 fully saturated rings. The molecular formula is C9H19O4. The molecule has 4 heteroatoms. The largest absolute Gasteiger partial charge is 0.353 e. The number of hydrogen-bond donors (Lipinski definition) is 0. The molecule has 0 N–H and O–H groups in total. The summed E-state index contributed by atoms with van der Waals surface area (Å²) < 4.78 is 15.2. The lowest BCUT2D eigenvalue weighted by Gasteiger charge is -2.18. The Hall–Kier alpha value is -0.160. The van der Waals surface area contributed by atoms with Crippen molar-refractivity contribution in [3.05, 3.63) is 0 Å². The number of ether oxygens (including phenoxy) is 3. The van der Waals surface area contributed by atoms with E-state index < -0.39 is 12.6 Å². The van der Waals surface area contributed by atoms with Crippen LogP contribution in [0.2, 0.25) is 0 Å². The smallest absolute Gasteiger partial charge is 0.191 e. The summed E-state index contributed by atoms with van der Waals surface area (Å²) in [6.07, 6.45) is -0.731. The van der Waals surface area contributed by atoms with Crippen LogP contribution >= 0.6 is 0 Å². The van der Waals surface area contributed by atoms with Gasteiger partial charge in [-0.2, -0.15) is 0 Å². The van der Waals surface area contributed by atoms with Crippen molar-refractivity contribution in [3.8, 4) is 0 Å². The molecule has 4 nitrogen and oxygen atoms in total. The van der Waals surface area contributed by atoms with Gasteiger partial charge in [-0.3, -0.25) is 0 Å². The minimum absolute atomic E-state index is 0.127. The second-order valence-electron chi connectivity index (χ2n) is 3.04. The highest BCUT2D eigenvalue weighted by molar-refractivity contribution is 4.39. The Labute approximate surface area is 79.8 Å². The Morgan fingerprint density at radius 1 is 1.15 bits per heavy atom. The third-order valence-corrected chi connectivity index (χ3v) is 1.33. The van der Waals surface area contributed by atoms with Crippen molar-refractivity contribution >= 4 is 0 Å². The van der Waals surface area contributed by atoms with Gasteiger partial charge in [0.05, 0.1) is 6.10 Å². The molecule has 79 valence electrons. The van der Waals surface area contributed by atoms with Gasteiger partial charge in [0.1, 0.15) is 6.79 Å². The molecule has 0 amide bonds. The zero-order valence-corrected chi connectivity index (χ0v) is 8.78. The molecule has 0 aliphatic heterocycles. The molecule has 2 atom stereocenters. The van der Waals surface area contributed by atoms with E-state index in [1.54, 1.807) is 0 Å². The third kappa shape index (κ3) is 8.18. The van der Waals surface area contributed by atoms with Crippen molar-refractivity contribution in [2.45, 2.75) is 52.8 Å². The van der Waals surface area contributed by atoms with E-state index in [9.17, 15) is 5.11 Å². The van der Waals surface area contributed by atoms with Crippen LogP contribution in [-0.2, 0) is 19.3 Å². The van der Waals surface area contributed by atoms with Crippen LogP contribution in [-0.4, -0.2) is 25.5 Å². The van der Waals surface area contributed by atoms with Crippen molar-refractivity contribution in [1.82, 2.24) is 0 Å². The quantitative estimate of drug-likeness (QED) is 0.577. The molecule has 0 spiro atoms. The molecule has 1 radical (unpaired) electrons. The van der Waals surface area contributed by atoms with Gasteiger partial charge in [0, 0.05) is 0 Å². The first-order valence-corrected chi connectivity index (χ1v) is 4.60. The molecular weight excluding hydrogens is 172 g/mol. The molecule has 2 unspecified atom stereocenters. The zero-order valence-electron chi connectivity index (χ0n) is 8.78. The molecule has 0 aliphatic rings. The summed E-state index contributed by atoms with van der Waals surface area (Å²) in [4.78, 5) is 0. The van der Waals surface area contributed by atoms with Crippen molar-refractivity contribution in [1.29, 1.82) is 0 Å².